The summed E-state index contributed by atoms with van der Waals surface area (Å²) in [5, 5.41) is 9.42. The zero-order chi connectivity index (χ0) is 11.8. The van der Waals surface area contributed by atoms with Gasteiger partial charge in [0.2, 0.25) is 0 Å². The van der Waals surface area contributed by atoms with Crippen molar-refractivity contribution < 1.29 is 5.11 Å². The summed E-state index contributed by atoms with van der Waals surface area (Å²) in [4.78, 5) is 14.3. The number of benzene rings is 1. The van der Waals surface area contributed by atoms with Crippen molar-refractivity contribution in [3.05, 3.63) is 59.0 Å². The lowest BCUT2D eigenvalue weighted by Crippen LogP contribution is -1.97. The molecule has 0 saturated carbocycles. The first-order valence-corrected chi connectivity index (χ1v) is 5.23. The standard InChI is InChI=1S/C13H10N2O2/c16-10-3-1-2-9(6-10)12-8-15-5-4-11(17)7-13(15)14-12/h1-8,14,16H. The van der Waals surface area contributed by atoms with E-state index >= 15 is 0 Å². The molecule has 3 aromatic rings. The average molecular weight is 226 g/mol. The molecule has 17 heavy (non-hydrogen) atoms. The van der Waals surface area contributed by atoms with E-state index in [-0.39, 0.29) is 11.2 Å². The predicted molar refractivity (Wildman–Crippen MR) is 65.1 cm³/mol. The number of imidazole rings is 1. The van der Waals surface area contributed by atoms with Gasteiger partial charge >= 0.3 is 0 Å². The molecule has 0 fully saturated rings. The van der Waals surface area contributed by atoms with Gasteiger partial charge in [-0.15, -0.1) is 0 Å². The van der Waals surface area contributed by atoms with Crippen LogP contribution in [-0.4, -0.2) is 14.5 Å². The normalized spacial score (nSPS) is 10.8. The maximum absolute atomic E-state index is 11.2. The van der Waals surface area contributed by atoms with Gasteiger partial charge in [-0.1, -0.05) is 12.1 Å². The number of nitrogens with zero attached hydrogens (tertiary/aromatic N) is 1. The molecular formula is C13H10N2O2. The summed E-state index contributed by atoms with van der Waals surface area (Å²) in [5.74, 6) is 0.218. The van der Waals surface area contributed by atoms with Crippen LogP contribution in [0.15, 0.2) is 53.6 Å². The third kappa shape index (κ3) is 1.69. The van der Waals surface area contributed by atoms with Gasteiger partial charge in [0.05, 0.1) is 5.69 Å². The molecule has 0 amide bonds. The number of pyridine rings is 1. The highest BCUT2D eigenvalue weighted by molar-refractivity contribution is 5.63. The molecule has 1 aromatic carbocycles. The number of phenolic OH excluding ortho intramolecular Hbond substituents is 1. The maximum Gasteiger partial charge on any atom is 0.183 e. The molecule has 0 unspecified atom stereocenters. The summed E-state index contributed by atoms with van der Waals surface area (Å²) in [5.41, 5.74) is 2.43. The fraction of sp³-hybridized carbons (Fsp3) is 0. The van der Waals surface area contributed by atoms with E-state index in [1.165, 1.54) is 12.1 Å². The van der Waals surface area contributed by atoms with Gasteiger partial charge in [-0.3, -0.25) is 4.79 Å². The van der Waals surface area contributed by atoms with Crippen LogP contribution in [0.3, 0.4) is 0 Å². The van der Waals surface area contributed by atoms with Crippen LogP contribution in [-0.2, 0) is 0 Å². The third-order valence-corrected chi connectivity index (χ3v) is 2.64. The summed E-state index contributed by atoms with van der Waals surface area (Å²) in [6.45, 7) is 0. The van der Waals surface area contributed by atoms with Gasteiger partial charge in [0, 0.05) is 30.1 Å². The first-order valence-electron chi connectivity index (χ1n) is 5.23. The molecule has 0 aliphatic rings. The van der Waals surface area contributed by atoms with Crippen LogP contribution >= 0.6 is 0 Å². The molecule has 0 bridgehead atoms. The monoisotopic (exact) mass is 226 g/mol. The number of aromatic amines is 1. The molecule has 0 aliphatic heterocycles. The smallest absolute Gasteiger partial charge is 0.183 e. The van der Waals surface area contributed by atoms with Crippen LogP contribution < -0.4 is 5.43 Å². The van der Waals surface area contributed by atoms with Gasteiger partial charge in [-0.2, -0.15) is 0 Å². The van der Waals surface area contributed by atoms with Crippen molar-refractivity contribution in [3.8, 4) is 17.0 Å². The number of fused-ring (bicyclic) bond motifs is 1. The fourth-order valence-corrected chi connectivity index (χ4v) is 1.83. The Hall–Kier alpha value is -2.49. The Labute approximate surface area is 96.8 Å². The van der Waals surface area contributed by atoms with Crippen molar-refractivity contribution in [2.75, 3.05) is 0 Å². The van der Waals surface area contributed by atoms with E-state index in [2.05, 4.69) is 4.98 Å². The molecule has 4 nitrogen and oxygen atoms in total. The number of phenols is 1. The molecular weight excluding hydrogens is 216 g/mol. The topological polar surface area (TPSA) is 57.5 Å². The van der Waals surface area contributed by atoms with Crippen LogP contribution in [0.4, 0.5) is 0 Å². The zero-order valence-electron chi connectivity index (χ0n) is 8.92. The lowest BCUT2D eigenvalue weighted by Gasteiger charge is -1.97. The maximum atomic E-state index is 11.2. The van der Waals surface area contributed by atoms with Crippen molar-refractivity contribution in [2.45, 2.75) is 0 Å². The van der Waals surface area contributed by atoms with E-state index in [0.717, 1.165) is 16.9 Å². The highest BCUT2D eigenvalue weighted by atomic mass is 16.3. The third-order valence-electron chi connectivity index (χ3n) is 2.64. The minimum Gasteiger partial charge on any atom is -0.508 e. The number of H-pyrrole nitrogens is 1. The van der Waals surface area contributed by atoms with Gasteiger partial charge in [-0.05, 0) is 12.1 Å². The van der Waals surface area contributed by atoms with Crippen LogP contribution in [0.25, 0.3) is 16.9 Å². The highest BCUT2D eigenvalue weighted by Gasteiger charge is 2.03. The molecule has 0 atom stereocenters. The van der Waals surface area contributed by atoms with E-state index in [1.54, 1.807) is 24.4 Å². The van der Waals surface area contributed by atoms with Crippen molar-refractivity contribution in [2.24, 2.45) is 0 Å². The van der Waals surface area contributed by atoms with Gasteiger partial charge in [-0.25, -0.2) is 0 Å². The molecule has 3 rings (SSSR count). The summed E-state index contributed by atoms with van der Waals surface area (Å²) >= 11 is 0. The molecule has 0 spiro atoms. The van der Waals surface area contributed by atoms with Crippen molar-refractivity contribution in [3.63, 3.8) is 0 Å². The second-order valence-corrected chi connectivity index (χ2v) is 3.87. The molecule has 2 aromatic heterocycles. The number of hydrogen-bond acceptors (Lipinski definition) is 2. The number of rotatable bonds is 1. The van der Waals surface area contributed by atoms with E-state index in [1.807, 2.05) is 16.7 Å². The highest BCUT2D eigenvalue weighted by Crippen LogP contribution is 2.22. The van der Waals surface area contributed by atoms with Gasteiger partial charge in [0.25, 0.3) is 0 Å². The second-order valence-electron chi connectivity index (χ2n) is 3.87. The lowest BCUT2D eigenvalue weighted by atomic mass is 10.2. The molecule has 2 heterocycles. The minimum atomic E-state index is -0.0330. The van der Waals surface area contributed by atoms with E-state index in [9.17, 15) is 9.90 Å². The quantitative estimate of drug-likeness (QED) is 0.666. The van der Waals surface area contributed by atoms with Gasteiger partial charge in [0.1, 0.15) is 11.4 Å². The SMILES string of the molecule is O=c1ccn2cc(-c3cccc(O)c3)[nH]c2c1. The second kappa shape index (κ2) is 3.52. The number of nitrogens with one attached hydrogen (secondary N) is 1. The number of aromatic hydroxyl groups is 1. The summed E-state index contributed by atoms with van der Waals surface area (Å²) in [7, 11) is 0. The van der Waals surface area contributed by atoms with Gasteiger partial charge < -0.3 is 14.5 Å². The Morgan fingerprint density at radius 2 is 2.06 bits per heavy atom. The Morgan fingerprint density at radius 1 is 1.18 bits per heavy atom. The Morgan fingerprint density at radius 3 is 2.88 bits per heavy atom. The van der Waals surface area contributed by atoms with E-state index in [4.69, 9.17) is 0 Å². The minimum absolute atomic E-state index is 0.0330. The molecule has 2 N–H and O–H groups in total. The first-order chi connectivity index (χ1) is 8.22. The van der Waals surface area contributed by atoms with Crippen molar-refractivity contribution in [1.29, 1.82) is 0 Å². The Bertz CT molecular complexity index is 740. The average Bonchev–Trinajstić information content (AvgIpc) is 2.72. The predicted octanol–water partition coefficient (Wildman–Crippen LogP) is 2.00. The number of aromatic nitrogens is 2. The summed E-state index contributed by atoms with van der Waals surface area (Å²) in [6, 6.07) is 10.0. The Kier molecular flexibility index (Phi) is 2.01. The van der Waals surface area contributed by atoms with Crippen LogP contribution in [0.1, 0.15) is 0 Å². The van der Waals surface area contributed by atoms with E-state index < -0.39 is 0 Å². The zero-order valence-corrected chi connectivity index (χ0v) is 8.92. The molecule has 4 heteroatoms. The van der Waals surface area contributed by atoms with Crippen molar-refractivity contribution in [1.82, 2.24) is 9.38 Å². The molecule has 0 aliphatic carbocycles. The largest absolute Gasteiger partial charge is 0.508 e. The van der Waals surface area contributed by atoms with Crippen LogP contribution in [0.2, 0.25) is 0 Å². The molecule has 84 valence electrons. The fourth-order valence-electron chi connectivity index (χ4n) is 1.83. The molecule has 0 saturated heterocycles. The lowest BCUT2D eigenvalue weighted by molar-refractivity contribution is 0.475. The number of hydrogen-bond donors (Lipinski definition) is 2. The van der Waals surface area contributed by atoms with Crippen LogP contribution in [0.5, 0.6) is 5.75 Å². The van der Waals surface area contributed by atoms with Gasteiger partial charge in [0.15, 0.2) is 5.43 Å². The van der Waals surface area contributed by atoms with E-state index in [0.29, 0.717) is 0 Å². The summed E-state index contributed by atoms with van der Waals surface area (Å²) in [6.07, 6.45) is 3.59. The van der Waals surface area contributed by atoms with Crippen molar-refractivity contribution >= 4 is 5.65 Å². The molecule has 0 radical (unpaired) electrons. The Balaban J connectivity index is 2.21. The van der Waals surface area contributed by atoms with Crippen LogP contribution in [0, 0.1) is 0 Å². The summed E-state index contributed by atoms with van der Waals surface area (Å²) < 4.78 is 1.83. The first kappa shape index (κ1) is 9.72.